The van der Waals surface area contributed by atoms with Crippen LogP contribution in [0, 0.1) is 12.7 Å². The molecule has 160 valence electrons. The minimum absolute atomic E-state index is 0.00176. The smallest absolute Gasteiger partial charge is 0.318 e. The first-order valence-electron chi connectivity index (χ1n) is 9.04. The maximum absolute atomic E-state index is 13.2. The molecule has 2 aromatic carbocycles. The Balaban J connectivity index is 1.68. The number of hydrogen-bond donors (Lipinski definition) is 4. The van der Waals surface area contributed by atoms with Crippen LogP contribution in [0.15, 0.2) is 48.5 Å². The van der Waals surface area contributed by atoms with Crippen molar-refractivity contribution in [1.29, 1.82) is 0 Å². The summed E-state index contributed by atoms with van der Waals surface area (Å²) in [6.07, 6.45) is 0. The summed E-state index contributed by atoms with van der Waals surface area (Å²) < 4.78 is 13.2. The highest BCUT2D eigenvalue weighted by molar-refractivity contribution is 7.18. The molecular formula is C21H18ClFN4O3S. The average molecular weight is 461 g/mol. The van der Waals surface area contributed by atoms with Gasteiger partial charge in [0.05, 0.1) is 20.5 Å². The van der Waals surface area contributed by atoms with E-state index in [2.05, 4.69) is 21.3 Å². The van der Waals surface area contributed by atoms with Crippen molar-refractivity contribution >= 4 is 57.2 Å². The topological polar surface area (TPSA) is 99.3 Å². The Morgan fingerprint density at radius 3 is 2.16 bits per heavy atom. The minimum atomic E-state index is -0.537. The van der Waals surface area contributed by atoms with Crippen LogP contribution in [0.5, 0.6) is 0 Å². The van der Waals surface area contributed by atoms with Gasteiger partial charge in [-0.25, -0.2) is 9.18 Å². The third kappa shape index (κ3) is 5.59. The number of anilines is 3. The van der Waals surface area contributed by atoms with E-state index in [9.17, 15) is 18.8 Å². The second-order valence-corrected chi connectivity index (χ2v) is 7.90. The van der Waals surface area contributed by atoms with Crippen molar-refractivity contribution < 1.29 is 18.8 Å². The van der Waals surface area contributed by atoms with Gasteiger partial charge < -0.3 is 21.3 Å². The van der Waals surface area contributed by atoms with Gasteiger partial charge in [0.25, 0.3) is 11.8 Å². The first-order valence-corrected chi connectivity index (χ1v) is 10.2. The molecule has 0 bridgehead atoms. The fraction of sp³-hybridized carbons (Fsp3) is 0.0952. The zero-order valence-corrected chi connectivity index (χ0v) is 18.1. The molecule has 0 radical (unpaired) electrons. The molecule has 0 saturated carbocycles. The molecule has 0 saturated heterocycles. The van der Waals surface area contributed by atoms with Gasteiger partial charge in [-0.3, -0.25) is 9.59 Å². The van der Waals surface area contributed by atoms with Crippen molar-refractivity contribution in [1.82, 2.24) is 5.32 Å². The Bertz CT molecular complexity index is 1150. The summed E-state index contributed by atoms with van der Waals surface area (Å²) in [7, 11) is 1.51. The van der Waals surface area contributed by atoms with E-state index >= 15 is 0 Å². The van der Waals surface area contributed by atoms with Crippen LogP contribution in [-0.4, -0.2) is 24.9 Å². The van der Waals surface area contributed by atoms with E-state index in [-0.39, 0.29) is 22.5 Å². The molecule has 0 unspecified atom stereocenters. The number of urea groups is 1. The van der Waals surface area contributed by atoms with Crippen LogP contribution in [-0.2, 0) is 0 Å². The molecule has 3 rings (SSSR count). The highest BCUT2D eigenvalue weighted by Crippen LogP contribution is 2.29. The molecule has 0 aliphatic heterocycles. The molecule has 31 heavy (non-hydrogen) atoms. The Morgan fingerprint density at radius 2 is 1.55 bits per heavy atom. The first kappa shape index (κ1) is 22.3. The first-order chi connectivity index (χ1) is 14.8. The summed E-state index contributed by atoms with van der Waals surface area (Å²) in [5, 5.41) is 11.0. The molecule has 4 N–H and O–H groups in total. The monoisotopic (exact) mass is 460 g/mol. The lowest BCUT2D eigenvalue weighted by Crippen LogP contribution is -2.24. The summed E-state index contributed by atoms with van der Waals surface area (Å²) in [4.78, 5) is 36.8. The fourth-order valence-corrected chi connectivity index (χ4v) is 3.86. The van der Waals surface area contributed by atoms with Crippen LogP contribution in [0.4, 0.5) is 25.6 Å². The number of amides is 4. The summed E-state index contributed by atoms with van der Waals surface area (Å²) in [5.41, 5.74) is 1.93. The minimum Gasteiger partial charge on any atom is -0.341 e. The number of halogens is 2. The van der Waals surface area contributed by atoms with E-state index in [1.165, 1.54) is 13.1 Å². The number of aryl methyl sites for hydroxylation is 1. The number of carbonyl (C=O) groups excluding carboxylic acids is 3. The van der Waals surface area contributed by atoms with Crippen LogP contribution < -0.4 is 21.3 Å². The van der Waals surface area contributed by atoms with Gasteiger partial charge in [-0.1, -0.05) is 11.6 Å². The zero-order chi connectivity index (χ0) is 22.5. The van der Waals surface area contributed by atoms with E-state index in [1.54, 1.807) is 37.3 Å². The standard InChI is InChI=1S/C21H18ClFN4O3S/c1-11-9-17(27-19(28)15-8-3-12(23)10-16(15)22)31-18(11)20(29)25-13-4-6-14(7-5-13)26-21(30)24-2/h3-10H,1-2H3,(H,25,29)(H,27,28)(H2,24,26,30). The highest BCUT2D eigenvalue weighted by atomic mass is 35.5. The number of nitrogens with one attached hydrogen (secondary N) is 4. The third-order valence-electron chi connectivity index (χ3n) is 4.16. The predicted octanol–water partition coefficient (Wildman–Crippen LogP) is 5.10. The van der Waals surface area contributed by atoms with Crippen LogP contribution in [0.1, 0.15) is 25.6 Å². The molecule has 4 amide bonds. The summed E-state index contributed by atoms with van der Waals surface area (Å²) in [6.45, 7) is 1.75. The molecular weight excluding hydrogens is 443 g/mol. The Labute approximate surface area is 186 Å². The largest absolute Gasteiger partial charge is 0.341 e. The molecule has 0 atom stereocenters. The van der Waals surface area contributed by atoms with Gasteiger partial charge in [-0.05, 0) is 61.0 Å². The maximum Gasteiger partial charge on any atom is 0.318 e. The quantitative estimate of drug-likeness (QED) is 0.426. The number of thiophene rings is 1. The molecule has 0 aliphatic carbocycles. The molecule has 0 spiro atoms. The number of carbonyl (C=O) groups is 3. The summed E-state index contributed by atoms with van der Waals surface area (Å²) in [5.74, 6) is -1.38. The second kappa shape index (κ2) is 9.59. The van der Waals surface area contributed by atoms with Gasteiger partial charge in [0.2, 0.25) is 0 Å². The van der Waals surface area contributed by atoms with Crippen LogP contribution in [0.2, 0.25) is 5.02 Å². The number of benzene rings is 2. The lowest BCUT2D eigenvalue weighted by atomic mass is 10.2. The SMILES string of the molecule is CNC(=O)Nc1ccc(NC(=O)c2sc(NC(=O)c3ccc(F)cc3Cl)cc2C)cc1. The van der Waals surface area contributed by atoms with Crippen molar-refractivity contribution in [2.24, 2.45) is 0 Å². The molecule has 7 nitrogen and oxygen atoms in total. The van der Waals surface area contributed by atoms with Crippen molar-refractivity contribution in [2.45, 2.75) is 6.92 Å². The molecule has 10 heteroatoms. The van der Waals surface area contributed by atoms with Crippen molar-refractivity contribution in [3.05, 3.63) is 75.4 Å². The van der Waals surface area contributed by atoms with Gasteiger partial charge in [-0.2, -0.15) is 0 Å². The molecule has 0 aliphatic rings. The second-order valence-electron chi connectivity index (χ2n) is 6.44. The van der Waals surface area contributed by atoms with E-state index in [0.29, 0.717) is 26.8 Å². The van der Waals surface area contributed by atoms with E-state index in [0.717, 1.165) is 23.5 Å². The molecule has 1 heterocycles. The Kier molecular flexibility index (Phi) is 6.88. The van der Waals surface area contributed by atoms with Gasteiger partial charge in [0.15, 0.2) is 0 Å². The average Bonchev–Trinajstić information content (AvgIpc) is 3.09. The third-order valence-corrected chi connectivity index (χ3v) is 5.63. The summed E-state index contributed by atoms with van der Waals surface area (Å²) >= 11 is 7.03. The predicted molar refractivity (Wildman–Crippen MR) is 121 cm³/mol. The maximum atomic E-state index is 13.2. The zero-order valence-electron chi connectivity index (χ0n) is 16.5. The van der Waals surface area contributed by atoms with Crippen molar-refractivity contribution in [2.75, 3.05) is 23.0 Å². The van der Waals surface area contributed by atoms with E-state index in [4.69, 9.17) is 11.6 Å². The molecule has 3 aromatic rings. The highest BCUT2D eigenvalue weighted by Gasteiger charge is 2.17. The van der Waals surface area contributed by atoms with Crippen molar-refractivity contribution in [3.63, 3.8) is 0 Å². The van der Waals surface area contributed by atoms with Crippen LogP contribution >= 0.6 is 22.9 Å². The Morgan fingerprint density at radius 1 is 0.903 bits per heavy atom. The van der Waals surface area contributed by atoms with E-state index in [1.807, 2.05) is 0 Å². The number of rotatable bonds is 5. The molecule has 1 aromatic heterocycles. The lowest BCUT2D eigenvalue weighted by molar-refractivity contribution is 0.102. The Hall–Kier alpha value is -3.43. The fourth-order valence-electron chi connectivity index (χ4n) is 2.64. The number of hydrogen-bond acceptors (Lipinski definition) is 4. The van der Waals surface area contributed by atoms with Crippen LogP contribution in [0.25, 0.3) is 0 Å². The lowest BCUT2D eigenvalue weighted by Gasteiger charge is -2.07. The van der Waals surface area contributed by atoms with Gasteiger partial charge in [-0.15, -0.1) is 11.3 Å². The van der Waals surface area contributed by atoms with Crippen molar-refractivity contribution in [3.8, 4) is 0 Å². The summed E-state index contributed by atoms with van der Waals surface area (Å²) in [6, 6.07) is 11.5. The van der Waals surface area contributed by atoms with E-state index < -0.39 is 11.7 Å². The molecule has 0 fully saturated rings. The van der Waals surface area contributed by atoms with Gasteiger partial charge in [0.1, 0.15) is 5.82 Å². The van der Waals surface area contributed by atoms with Crippen LogP contribution in [0.3, 0.4) is 0 Å². The van der Waals surface area contributed by atoms with Gasteiger partial charge >= 0.3 is 6.03 Å². The van der Waals surface area contributed by atoms with Gasteiger partial charge in [0, 0.05) is 18.4 Å². The normalized spacial score (nSPS) is 10.3.